The van der Waals surface area contributed by atoms with E-state index in [1.807, 2.05) is 6.07 Å². The number of Topliss-reactive ketones (excluding diaryl/α,β-unsaturated/α-hetero) is 2. The molecule has 0 atom stereocenters. The van der Waals surface area contributed by atoms with Crippen molar-refractivity contribution in [3.8, 4) is 5.75 Å². The van der Waals surface area contributed by atoms with Crippen molar-refractivity contribution >= 4 is 11.6 Å². The first-order valence-corrected chi connectivity index (χ1v) is 9.20. The summed E-state index contributed by atoms with van der Waals surface area (Å²) >= 11 is 0. The van der Waals surface area contributed by atoms with E-state index >= 15 is 0 Å². The van der Waals surface area contributed by atoms with E-state index in [2.05, 4.69) is 11.8 Å². The number of benzene rings is 1. The molecule has 4 heteroatoms. The molecule has 0 unspecified atom stereocenters. The van der Waals surface area contributed by atoms with Gasteiger partial charge >= 0.3 is 0 Å². The van der Waals surface area contributed by atoms with Gasteiger partial charge in [0.15, 0.2) is 11.6 Å². The number of carbonyl (C=O) groups is 2. The van der Waals surface area contributed by atoms with Crippen molar-refractivity contribution in [3.05, 3.63) is 52.4 Å². The zero-order chi connectivity index (χ0) is 17.6. The van der Waals surface area contributed by atoms with Crippen LogP contribution in [0.2, 0.25) is 0 Å². The Labute approximate surface area is 147 Å². The Bertz CT molecular complexity index is 774. The second-order valence-corrected chi connectivity index (χ2v) is 7.05. The zero-order valence-electron chi connectivity index (χ0n) is 14.5. The van der Waals surface area contributed by atoms with Gasteiger partial charge in [-0.2, -0.15) is 0 Å². The highest BCUT2D eigenvalue weighted by molar-refractivity contribution is 6.06. The fraction of sp³-hybridized carbons (Fsp3) is 0.429. The number of hydrogen-bond acceptors (Lipinski definition) is 4. The molecule has 25 heavy (non-hydrogen) atoms. The Hall–Kier alpha value is -2.36. The molecule has 130 valence electrons. The van der Waals surface area contributed by atoms with Gasteiger partial charge in [0.2, 0.25) is 0 Å². The quantitative estimate of drug-likeness (QED) is 0.891. The van der Waals surface area contributed by atoms with E-state index in [9.17, 15) is 14.7 Å². The average molecular weight is 337 g/mol. The molecule has 0 saturated heterocycles. The molecule has 0 aromatic heterocycles. The van der Waals surface area contributed by atoms with Crippen LogP contribution in [-0.2, 0) is 9.59 Å². The van der Waals surface area contributed by atoms with Gasteiger partial charge in [-0.3, -0.25) is 9.59 Å². The van der Waals surface area contributed by atoms with Crippen molar-refractivity contribution in [1.82, 2.24) is 4.90 Å². The third-order valence-corrected chi connectivity index (χ3v) is 5.61. The van der Waals surface area contributed by atoms with Gasteiger partial charge in [-0.25, -0.2) is 0 Å². The summed E-state index contributed by atoms with van der Waals surface area (Å²) in [6.45, 7) is 2.87. The van der Waals surface area contributed by atoms with Gasteiger partial charge in [0.05, 0.1) is 0 Å². The molecule has 0 saturated carbocycles. The van der Waals surface area contributed by atoms with Crippen LogP contribution in [0.25, 0.3) is 0 Å². The maximum absolute atomic E-state index is 12.9. The number of carbonyl (C=O) groups excluding carboxylic acids is 2. The highest BCUT2D eigenvalue weighted by atomic mass is 16.3. The Morgan fingerprint density at radius 1 is 1.00 bits per heavy atom. The topological polar surface area (TPSA) is 57.6 Å². The maximum atomic E-state index is 12.9. The van der Waals surface area contributed by atoms with Crippen LogP contribution in [0.1, 0.15) is 56.9 Å². The Kier molecular flexibility index (Phi) is 3.98. The van der Waals surface area contributed by atoms with Crippen LogP contribution in [-0.4, -0.2) is 28.1 Å². The number of phenolic OH excluding ortho intramolecular Hbond substituents is 1. The normalized spacial score (nSPS) is 21.6. The van der Waals surface area contributed by atoms with Crippen molar-refractivity contribution in [2.24, 2.45) is 0 Å². The third kappa shape index (κ3) is 2.51. The van der Waals surface area contributed by atoms with Crippen molar-refractivity contribution in [1.29, 1.82) is 0 Å². The van der Waals surface area contributed by atoms with Gasteiger partial charge < -0.3 is 10.0 Å². The van der Waals surface area contributed by atoms with E-state index in [1.165, 1.54) is 0 Å². The number of nitrogens with zero attached hydrogens (tertiary/aromatic N) is 1. The van der Waals surface area contributed by atoms with Crippen LogP contribution in [0.4, 0.5) is 0 Å². The molecule has 0 bridgehead atoms. The zero-order valence-corrected chi connectivity index (χ0v) is 14.5. The Morgan fingerprint density at radius 3 is 2.12 bits per heavy atom. The number of allylic oxidation sites excluding steroid dienone is 4. The molecular formula is C21H23NO3. The molecule has 1 aromatic rings. The minimum absolute atomic E-state index is 0.151. The largest absolute Gasteiger partial charge is 0.508 e. The van der Waals surface area contributed by atoms with Crippen LogP contribution >= 0.6 is 0 Å². The molecule has 1 aliphatic heterocycles. The summed E-state index contributed by atoms with van der Waals surface area (Å²) in [5.74, 6) is 0.155. The lowest BCUT2D eigenvalue weighted by molar-refractivity contribution is -0.117. The number of hydrogen-bond donors (Lipinski definition) is 1. The van der Waals surface area contributed by atoms with Crippen LogP contribution in [0.5, 0.6) is 5.75 Å². The van der Waals surface area contributed by atoms with Crippen LogP contribution < -0.4 is 0 Å². The summed E-state index contributed by atoms with van der Waals surface area (Å²) in [6, 6.07) is 7.04. The molecule has 3 aliphatic rings. The predicted octanol–water partition coefficient (Wildman–Crippen LogP) is 3.83. The summed E-state index contributed by atoms with van der Waals surface area (Å²) in [5.41, 5.74) is 4.61. The fourth-order valence-electron chi connectivity index (χ4n) is 4.64. The van der Waals surface area contributed by atoms with E-state index < -0.39 is 0 Å². The number of rotatable bonds is 2. The van der Waals surface area contributed by atoms with Gasteiger partial charge in [0, 0.05) is 47.8 Å². The first-order valence-electron chi connectivity index (χ1n) is 9.20. The average Bonchev–Trinajstić information content (AvgIpc) is 2.60. The summed E-state index contributed by atoms with van der Waals surface area (Å²) in [6.07, 6.45) is 4.60. The standard InChI is InChI=1S/C21H23NO3/c1-2-22-15-8-4-10-17(24)20(15)19(13-6-3-7-14(23)12-13)21-16(22)9-5-11-18(21)25/h3,6-7,12,19,23H,2,4-5,8-11H2,1H3. The molecule has 0 amide bonds. The van der Waals surface area contributed by atoms with E-state index in [1.54, 1.807) is 18.2 Å². The molecule has 1 heterocycles. The smallest absolute Gasteiger partial charge is 0.161 e. The minimum Gasteiger partial charge on any atom is -0.508 e. The van der Waals surface area contributed by atoms with Gasteiger partial charge in [-0.15, -0.1) is 0 Å². The van der Waals surface area contributed by atoms with E-state index in [4.69, 9.17) is 0 Å². The SMILES string of the molecule is CCN1C2=C(C(=O)CCC2)C(c2cccc(O)c2)C2=C1CCCC2=O. The van der Waals surface area contributed by atoms with Gasteiger partial charge in [-0.05, 0) is 50.3 Å². The van der Waals surface area contributed by atoms with Gasteiger partial charge in [-0.1, -0.05) is 12.1 Å². The molecule has 0 spiro atoms. The van der Waals surface area contributed by atoms with E-state index in [0.717, 1.165) is 60.3 Å². The first kappa shape index (κ1) is 16.1. The highest BCUT2D eigenvalue weighted by Gasteiger charge is 2.42. The lowest BCUT2D eigenvalue weighted by Crippen LogP contribution is -2.39. The second kappa shape index (κ2) is 6.17. The summed E-state index contributed by atoms with van der Waals surface area (Å²) in [4.78, 5) is 27.9. The lowest BCUT2D eigenvalue weighted by atomic mass is 9.71. The fourth-order valence-corrected chi connectivity index (χ4v) is 4.64. The number of aromatic hydroxyl groups is 1. The monoisotopic (exact) mass is 337 g/mol. The van der Waals surface area contributed by atoms with Crippen molar-refractivity contribution in [3.63, 3.8) is 0 Å². The molecule has 0 fully saturated rings. The van der Waals surface area contributed by atoms with Crippen molar-refractivity contribution < 1.29 is 14.7 Å². The first-order chi connectivity index (χ1) is 12.1. The van der Waals surface area contributed by atoms with Crippen LogP contribution in [0.3, 0.4) is 0 Å². The Balaban J connectivity index is 1.97. The molecule has 0 radical (unpaired) electrons. The molecule has 1 aromatic carbocycles. The van der Waals surface area contributed by atoms with Gasteiger partial charge in [0.1, 0.15) is 5.75 Å². The van der Waals surface area contributed by atoms with Crippen molar-refractivity contribution in [2.75, 3.05) is 6.54 Å². The summed E-state index contributed by atoms with van der Waals surface area (Å²) in [7, 11) is 0. The lowest BCUT2D eigenvalue weighted by Gasteiger charge is -2.43. The van der Waals surface area contributed by atoms with Gasteiger partial charge in [0.25, 0.3) is 0 Å². The van der Waals surface area contributed by atoms with Crippen molar-refractivity contribution in [2.45, 2.75) is 51.4 Å². The maximum Gasteiger partial charge on any atom is 0.161 e. The molecule has 1 N–H and O–H groups in total. The minimum atomic E-state index is -0.319. The van der Waals surface area contributed by atoms with Crippen LogP contribution in [0, 0.1) is 0 Å². The summed E-state index contributed by atoms with van der Waals surface area (Å²) < 4.78 is 0. The van der Waals surface area contributed by atoms with E-state index in [0.29, 0.717) is 12.8 Å². The second-order valence-electron chi connectivity index (χ2n) is 7.05. The number of phenols is 1. The molecule has 4 rings (SSSR count). The summed E-state index contributed by atoms with van der Waals surface area (Å²) in [5, 5.41) is 9.95. The molecule has 4 nitrogen and oxygen atoms in total. The van der Waals surface area contributed by atoms with E-state index in [-0.39, 0.29) is 23.2 Å². The molecular weight excluding hydrogens is 314 g/mol. The predicted molar refractivity (Wildman–Crippen MR) is 95.0 cm³/mol. The molecule has 2 aliphatic carbocycles. The van der Waals surface area contributed by atoms with Crippen LogP contribution in [0.15, 0.2) is 46.8 Å². The number of ketones is 2. The third-order valence-electron chi connectivity index (χ3n) is 5.61. The Morgan fingerprint density at radius 2 is 1.60 bits per heavy atom. The highest BCUT2D eigenvalue weighted by Crippen LogP contribution is 2.49.